The third-order valence-electron chi connectivity index (χ3n) is 0.852. The van der Waals surface area contributed by atoms with Crippen molar-refractivity contribution in [3.05, 3.63) is 24.8 Å². The standard InChI is InChI=1S/C5H5F2N2/c6-5(7)9-3-1-8-2-4-9/h1,3-5,8H. The van der Waals surface area contributed by atoms with Crippen LogP contribution in [0.25, 0.3) is 0 Å². The quantitative estimate of drug-likeness (QED) is 0.531. The third-order valence-corrected chi connectivity index (χ3v) is 0.852. The lowest BCUT2D eigenvalue weighted by Crippen LogP contribution is -2.20. The Hall–Kier alpha value is -1.06. The molecule has 1 aliphatic rings. The average molecular weight is 131 g/mol. The molecule has 4 heteroatoms. The maximum absolute atomic E-state index is 11.7. The van der Waals surface area contributed by atoms with E-state index >= 15 is 0 Å². The monoisotopic (exact) mass is 131 g/mol. The maximum atomic E-state index is 11.7. The van der Waals surface area contributed by atoms with Gasteiger partial charge in [-0.1, -0.05) is 0 Å². The van der Waals surface area contributed by atoms with Gasteiger partial charge in [-0.2, -0.15) is 8.78 Å². The van der Waals surface area contributed by atoms with Gasteiger partial charge >= 0.3 is 6.55 Å². The Balaban J connectivity index is 2.49. The maximum Gasteiger partial charge on any atom is 0.318 e. The number of hydrogen-bond donors (Lipinski definition) is 1. The second-order valence-electron chi connectivity index (χ2n) is 1.46. The fraction of sp³-hybridized carbons (Fsp3) is 0.200. The van der Waals surface area contributed by atoms with Gasteiger partial charge in [0.2, 0.25) is 0 Å². The van der Waals surface area contributed by atoms with Crippen LogP contribution in [-0.2, 0) is 0 Å². The van der Waals surface area contributed by atoms with Gasteiger partial charge in [-0.3, -0.25) is 4.90 Å². The Morgan fingerprint density at radius 2 is 2.33 bits per heavy atom. The van der Waals surface area contributed by atoms with Crippen molar-refractivity contribution in [2.45, 2.75) is 6.55 Å². The van der Waals surface area contributed by atoms with Crippen LogP contribution in [0.3, 0.4) is 0 Å². The first-order chi connectivity index (χ1) is 4.30. The Morgan fingerprint density at radius 1 is 1.56 bits per heavy atom. The van der Waals surface area contributed by atoms with Gasteiger partial charge in [0, 0.05) is 18.6 Å². The molecule has 0 atom stereocenters. The topological polar surface area (TPSA) is 15.3 Å². The van der Waals surface area contributed by atoms with E-state index in [9.17, 15) is 8.78 Å². The van der Waals surface area contributed by atoms with Gasteiger partial charge in [0.15, 0.2) is 0 Å². The molecule has 0 spiro atoms. The van der Waals surface area contributed by atoms with Gasteiger partial charge in [0.1, 0.15) is 0 Å². The van der Waals surface area contributed by atoms with Crippen molar-refractivity contribution in [1.29, 1.82) is 0 Å². The fourth-order valence-corrected chi connectivity index (χ4v) is 0.448. The summed E-state index contributed by atoms with van der Waals surface area (Å²) in [4.78, 5) is 0.747. The molecule has 2 nitrogen and oxygen atoms in total. The largest absolute Gasteiger partial charge is 0.357 e. The molecule has 0 aromatic carbocycles. The smallest absolute Gasteiger partial charge is 0.318 e. The van der Waals surface area contributed by atoms with Crippen LogP contribution in [-0.4, -0.2) is 11.4 Å². The number of hydrogen-bond acceptors (Lipinski definition) is 2. The molecular weight excluding hydrogens is 126 g/mol. The Morgan fingerprint density at radius 3 is 2.67 bits per heavy atom. The van der Waals surface area contributed by atoms with Crippen molar-refractivity contribution in [3.8, 4) is 0 Å². The lowest BCUT2D eigenvalue weighted by atomic mass is 10.6. The van der Waals surface area contributed by atoms with Crippen LogP contribution in [0.4, 0.5) is 8.78 Å². The van der Waals surface area contributed by atoms with Crippen molar-refractivity contribution in [1.82, 2.24) is 10.2 Å². The summed E-state index contributed by atoms with van der Waals surface area (Å²) < 4.78 is 23.4. The lowest BCUT2D eigenvalue weighted by Gasteiger charge is -2.15. The molecule has 1 N–H and O–H groups in total. The normalized spacial score (nSPS) is 16.6. The Kier molecular flexibility index (Phi) is 1.67. The van der Waals surface area contributed by atoms with E-state index in [0.29, 0.717) is 0 Å². The van der Waals surface area contributed by atoms with Crippen molar-refractivity contribution in [2.75, 3.05) is 0 Å². The van der Waals surface area contributed by atoms with Crippen molar-refractivity contribution >= 4 is 0 Å². The Labute approximate surface area is 51.5 Å². The van der Waals surface area contributed by atoms with E-state index in [-0.39, 0.29) is 0 Å². The summed E-state index contributed by atoms with van der Waals surface area (Å²) in [5, 5.41) is 2.51. The molecule has 0 unspecified atom stereocenters. The van der Waals surface area contributed by atoms with Gasteiger partial charge in [0.05, 0.1) is 6.20 Å². The molecule has 0 bridgehead atoms. The average Bonchev–Trinajstić information content (AvgIpc) is 1.90. The van der Waals surface area contributed by atoms with Crippen LogP contribution in [0.1, 0.15) is 0 Å². The van der Waals surface area contributed by atoms with Crippen LogP contribution in [0.15, 0.2) is 18.6 Å². The molecule has 1 rings (SSSR count). The number of nitrogens with one attached hydrogen (secondary N) is 1. The van der Waals surface area contributed by atoms with E-state index in [2.05, 4.69) is 11.5 Å². The molecular formula is C5H5F2N2. The highest BCUT2D eigenvalue weighted by atomic mass is 19.3. The van der Waals surface area contributed by atoms with Crippen molar-refractivity contribution < 1.29 is 8.78 Å². The summed E-state index contributed by atoms with van der Waals surface area (Å²) in [5.74, 6) is 0. The van der Waals surface area contributed by atoms with Gasteiger partial charge < -0.3 is 5.32 Å². The van der Waals surface area contributed by atoms with Gasteiger partial charge in [-0.05, 0) is 0 Å². The van der Waals surface area contributed by atoms with Crippen LogP contribution in [0.2, 0.25) is 0 Å². The molecule has 1 heterocycles. The fourth-order valence-electron chi connectivity index (χ4n) is 0.448. The number of rotatable bonds is 1. The minimum atomic E-state index is -2.48. The molecule has 0 saturated heterocycles. The SMILES string of the molecule is FC(F)N1C=[C]NC=C1. The second-order valence-corrected chi connectivity index (χ2v) is 1.46. The minimum absolute atomic E-state index is 0.747. The number of halogens is 2. The highest BCUT2D eigenvalue weighted by Crippen LogP contribution is 2.04. The zero-order valence-corrected chi connectivity index (χ0v) is 4.51. The van der Waals surface area contributed by atoms with Crippen LogP contribution < -0.4 is 5.32 Å². The van der Waals surface area contributed by atoms with E-state index in [0.717, 1.165) is 11.1 Å². The van der Waals surface area contributed by atoms with E-state index in [1.807, 2.05) is 0 Å². The van der Waals surface area contributed by atoms with Crippen LogP contribution >= 0.6 is 0 Å². The molecule has 0 aromatic heterocycles. The third kappa shape index (κ3) is 1.42. The number of nitrogens with zero attached hydrogens (tertiary/aromatic N) is 1. The minimum Gasteiger partial charge on any atom is -0.357 e. The zero-order chi connectivity index (χ0) is 6.69. The summed E-state index contributed by atoms with van der Waals surface area (Å²) in [6.07, 6.45) is 6.16. The number of alkyl halides is 2. The molecule has 0 aliphatic carbocycles. The van der Waals surface area contributed by atoms with E-state index in [4.69, 9.17) is 0 Å². The molecule has 1 aliphatic heterocycles. The summed E-state index contributed by atoms with van der Waals surface area (Å²) in [5.41, 5.74) is 0. The molecule has 0 saturated carbocycles. The first-order valence-corrected chi connectivity index (χ1v) is 2.37. The summed E-state index contributed by atoms with van der Waals surface area (Å²) in [7, 11) is 0. The predicted molar refractivity (Wildman–Crippen MR) is 27.9 cm³/mol. The summed E-state index contributed by atoms with van der Waals surface area (Å²) >= 11 is 0. The molecule has 0 amide bonds. The summed E-state index contributed by atoms with van der Waals surface area (Å²) in [6.45, 7) is -2.48. The summed E-state index contributed by atoms with van der Waals surface area (Å²) in [6, 6.07) is 0. The van der Waals surface area contributed by atoms with Crippen molar-refractivity contribution in [3.63, 3.8) is 0 Å². The first kappa shape index (κ1) is 6.07. The molecule has 0 aromatic rings. The van der Waals surface area contributed by atoms with E-state index < -0.39 is 6.55 Å². The van der Waals surface area contributed by atoms with Gasteiger partial charge in [-0.25, -0.2) is 0 Å². The predicted octanol–water partition coefficient (Wildman–Crippen LogP) is 0.860. The Bertz CT molecular complexity index is 130. The lowest BCUT2D eigenvalue weighted by molar-refractivity contribution is 0.0344. The van der Waals surface area contributed by atoms with Crippen LogP contribution in [0, 0.1) is 6.20 Å². The molecule has 1 radical (unpaired) electrons. The zero-order valence-electron chi connectivity index (χ0n) is 4.51. The van der Waals surface area contributed by atoms with Gasteiger partial charge in [0.25, 0.3) is 0 Å². The first-order valence-electron chi connectivity index (χ1n) is 2.37. The molecule has 49 valence electrons. The van der Waals surface area contributed by atoms with Crippen LogP contribution in [0.5, 0.6) is 0 Å². The highest BCUT2D eigenvalue weighted by molar-refractivity contribution is 4.93. The van der Waals surface area contributed by atoms with E-state index in [1.165, 1.54) is 12.4 Å². The molecule has 9 heavy (non-hydrogen) atoms. The van der Waals surface area contributed by atoms with E-state index in [1.54, 1.807) is 0 Å². The highest BCUT2D eigenvalue weighted by Gasteiger charge is 2.08. The molecule has 0 fully saturated rings. The second kappa shape index (κ2) is 2.48. The van der Waals surface area contributed by atoms with Crippen molar-refractivity contribution in [2.24, 2.45) is 0 Å². The van der Waals surface area contributed by atoms with Gasteiger partial charge in [-0.15, -0.1) is 0 Å².